The standard InChI is InChI=1S/C19H20IN5/c1-12-9-13(2)23-19(22-12)24-21-11-16-10-14(3)25(15(16)4)18-7-5-17(20)6-8-18/h5-11H,1-4H3,(H,22,23,24)/b21-11+. The molecule has 128 valence electrons. The van der Waals surface area contributed by atoms with Gasteiger partial charge in [-0.05, 0) is 86.7 Å². The van der Waals surface area contributed by atoms with Crippen LogP contribution in [0.3, 0.4) is 0 Å². The van der Waals surface area contributed by atoms with Crippen molar-refractivity contribution in [3.05, 3.63) is 68.3 Å². The molecule has 25 heavy (non-hydrogen) atoms. The van der Waals surface area contributed by atoms with Gasteiger partial charge in [0.15, 0.2) is 0 Å². The second-order valence-electron chi connectivity index (χ2n) is 5.98. The number of halogens is 1. The van der Waals surface area contributed by atoms with Crippen molar-refractivity contribution in [2.45, 2.75) is 27.7 Å². The van der Waals surface area contributed by atoms with E-state index in [1.165, 1.54) is 9.26 Å². The topological polar surface area (TPSA) is 55.1 Å². The molecule has 0 spiro atoms. The first-order valence-corrected chi connectivity index (χ1v) is 9.08. The van der Waals surface area contributed by atoms with Gasteiger partial charge in [0.25, 0.3) is 0 Å². The van der Waals surface area contributed by atoms with Gasteiger partial charge in [0, 0.05) is 37.6 Å². The summed E-state index contributed by atoms with van der Waals surface area (Å²) < 4.78 is 3.45. The first-order chi connectivity index (χ1) is 11.9. The van der Waals surface area contributed by atoms with E-state index in [4.69, 9.17) is 0 Å². The monoisotopic (exact) mass is 445 g/mol. The number of benzene rings is 1. The Bertz CT molecular complexity index is 905. The summed E-state index contributed by atoms with van der Waals surface area (Å²) in [5, 5.41) is 4.30. The Morgan fingerprint density at radius 2 is 1.64 bits per heavy atom. The lowest BCUT2D eigenvalue weighted by Crippen LogP contribution is -2.01. The Morgan fingerprint density at radius 1 is 1.00 bits per heavy atom. The number of aromatic nitrogens is 3. The Balaban J connectivity index is 1.84. The Labute approximate surface area is 161 Å². The van der Waals surface area contributed by atoms with Gasteiger partial charge in [-0.2, -0.15) is 5.10 Å². The maximum atomic E-state index is 4.32. The van der Waals surface area contributed by atoms with E-state index < -0.39 is 0 Å². The summed E-state index contributed by atoms with van der Waals surface area (Å²) >= 11 is 2.32. The largest absolute Gasteiger partial charge is 0.318 e. The highest BCUT2D eigenvalue weighted by Crippen LogP contribution is 2.20. The molecule has 0 radical (unpaired) electrons. The average Bonchev–Trinajstić information content (AvgIpc) is 2.82. The molecule has 0 atom stereocenters. The van der Waals surface area contributed by atoms with Crippen LogP contribution < -0.4 is 5.43 Å². The van der Waals surface area contributed by atoms with E-state index in [2.05, 4.69) is 91.8 Å². The molecule has 3 aromatic rings. The van der Waals surface area contributed by atoms with Crippen molar-refractivity contribution in [3.8, 4) is 5.69 Å². The molecule has 0 aliphatic carbocycles. The van der Waals surface area contributed by atoms with Gasteiger partial charge in [0.1, 0.15) is 0 Å². The highest BCUT2D eigenvalue weighted by atomic mass is 127. The van der Waals surface area contributed by atoms with Gasteiger partial charge < -0.3 is 4.57 Å². The number of nitrogens with zero attached hydrogens (tertiary/aromatic N) is 4. The summed E-state index contributed by atoms with van der Waals surface area (Å²) in [6.45, 7) is 8.08. The minimum absolute atomic E-state index is 0.514. The minimum atomic E-state index is 0.514. The van der Waals surface area contributed by atoms with Crippen LogP contribution in [0.25, 0.3) is 5.69 Å². The van der Waals surface area contributed by atoms with Crippen molar-refractivity contribution in [2.24, 2.45) is 5.10 Å². The minimum Gasteiger partial charge on any atom is -0.318 e. The summed E-state index contributed by atoms with van der Waals surface area (Å²) in [6.07, 6.45) is 1.81. The maximum Gasteiger partial charge on any atom is 0.243 e. The molecule has 0 saturated carbocycles. The molecule has 1 aromatic carbocycles. The molecule has 2 heterocycles. The highest BCUT2D eigenvalue weighted by molar-refractivity contribution is 14.1. The lowest BCUT2D eigenvalue weighted by Gasteiger charge is -2.09. The van der Waals surface area contributed by atoms with Crippen molar-refractivity contribution in [1.29, 1.82) is 0 Å². The van der Waals surface area contributed by atoms with E-state index in [0.29, 0.717) is 5.95 Å². The summed E-state index contributed by atoms with van der Waals surface area (Å²) in [5.41, 5.74) is 9.28. The van der Waals surface area contributed by atoms with Crippen LogP contribution in [-0.4, -0.2) is 20.7 Å². The fourth-order valence-electron chi connectivity index (χ4n) is 2.84. The molecule has 3 rings (SSSR count). The Morgan fingerprint density at radius 3 is 2.28 bits per heavy atom. The predicted octanol–water partition coefficient (Wildman–Crippen LogP) is 4.55. The molecule has 6 heteroatoms. The Kier molecular flexibility index (Phi) is 5.17. The number of hydrogen-bond donors (Lipinski definition) is 1. The van der Waals surface area contributed by atoms with Crippen LogP contribution in [0.4, 0.5) is 5.95 Å². The molecule has 1 N–H and O–H groups in total. The van der Waals surface area contributed by atoms with Gasteiger partial charge in [0.2, 0.25) is 5.95 Å². The van der Waals surface area contributed by atoms with Crippen LogP contribution in [0.2, 0.25) is 0 Å². The van der Waals surface area contributed by atoms with Crippen molar-refractivity contribution in [2.75, 3.05) is 5.43 Å². The zero-order valence-corrected chi connectivity index (χ0v) is 16.9. The van der Waals surface area contributed by atoms with Crippen LogP contribution in [0.15, 0.2) is 41.5 Å². The SMILES string of the molecule is Cc1cc(C)nc(N/N=C/c2cc(C)n(-c3ccc(I)cc3)c2C)n1. The van der Waals surface area contributed by atoms with E-state index in [0.717, 1.165) is 28.3 Å². The second kappa shape index (κ2) is 7.35. The Hall–Kier alpha value is -2.22. The number of aryl methyl sites for hydroxylation is 3. The normalized spacial score (nSPS) is 11.2. The van der Waals surface area contributed by atoms with Crippen LogP contribution in [0, 0.1) is 31.3 Å². The van der Waals surface area contributed by atoms with Crippen LogP contribution in [0.5, 0.6) is 0 Å². The molecule has 0 aliphatic rings. The van der Waals surface area contributed by atoms with Gasteiger partial charge in [-0.15, -0.1) is 0 Å². The van der Waals surface area contributed by atoms with Crippen molar-refractivity contribution >= 4 is 34.8 Å². The molecule has 0 saturated heterocycles. The third-order valence-corrected chi connectivity index (χ3v) is 4.62. The smallest absolute Gasteiger partial charge is 0.243 e. The van der Waals surface area contributed by atoms with E-state index in [1.807, 2.05) is 26.1 Å². The first-order valence-electron chi connectivity index (χ1n) is 8.00. The van der Waals surface area contributed by atoms with E-state index in [9.17, 15) is 0 Å². The molecule has 5 nitrogen and oxygen atoms in total. The third-order valence-electron chi connectivity index (χ3n) is 3.91. The molecular formula is C19H20IN5. The molecule has 0 amide bonds. The zero-order chi connectivity index (χ0) is 18.0. The summed E-state index contributed by atoms with van der Waals surface area (Å²) in [5.74, 6) is 0.514. The molecular weight excluding hydrogens is 425 g/mol. The van der Waals surface area contributed by atoms with E-state index >= 15 is 0 Å². The fraction of sp³-hybridized carbons (Fsp3) is 0.211. The fourth-order valence-corrected chi connectivity index (χ4v) is 3.20. The molecule has 2 aromatic heterocycles. The second-order valence-corrected chi connectivity index (χ2v) is 7.23. The van der Waals surface area contributed by atoms with Gasteiger partial charge in [-0.25, -0.2) is 15.4 Å². The quantitative estimate of drug-likeness (QED) is 0.364. The number of hydrazone groups is 1. The van der Waals surface area contributed by atoms with Gasteiger partial charge in [-0.1, -0.05) is 0 Å². The first kappa shape index (κ1) is 17.6. The highest BCUT2D eigenvalue weighted by Gasteiger charge is 2.09. The summed E-state index contributed by atoms with van der Waals surface area (Å²) in [6, 6.07) is 12.5. The lowest BCUT2D eigenvalue weighted by atomic mass is 10.2. The van der Waals surface area contributed by atoms with Crippen molar-refractivity contribution < 1.29 is 0 Å². The maximum absolute atomic E-state index is 4.32. The third kappa shape index (κ3) is 4.07. The van der Waals surface area contributed by atoms with Gasteiger partial charge >= 0.3 is 0 Å². The van der Waals surface area contributed by atoms with Crippen molar-refractivity contribution in [1.82, 2.24) is 14.5 Å². The molecule has 0 aliphatic heterocycles. The summed E-state index contributed by atoms with van der Waals surface area (Å²) in [7, 11) is 0. The van der Waals surface area contributed by atoms with Gasteiger partial charge in [0.05, 0.1) is 6.21 Å². The summed E-state index contributed by atoms with van der Waals surface area (Å²) in [4.78, 5) is 8.65. The number of anilines is 1. The molecule has 0 unspecified atom stereocenters. The number of rotatable bonds is 4. The van der Waals surface area contributed by atoms with Crippen molar-refractivity contribution in [3.63, 3.8) is 0 Å². The van der Waals surface area contributed by atoms with E-state index in [1.54, 1.807) is 0 Å². The van der Waals surface area contributed by atoms with Crippen LogP contribution in [-0.2, 0) is 0 Å². The molecule has 0 fully saturated rings. The lowest BCUT2D eigenvalue weighted by molar-refractivity contribution is 0.964. The van der Waals surface area contributed by atoms with Crippen LogP contribution in [0.1, 0.15) is 28.3 Å². The molecule has 0 bridgehead atoms. The van der Waals surface area contributed by atoms with Crippen LogP contribution >= 0.6 is 22.6 Å². The predicted molar refractivity (Wildman–Crippen MR) is 111 cm³/mol. The number of nitrogens with one attached hydrogen (secondary N) is 1. The van der Waals surface area contributed by atoms with E-state index in [-0.39, 0.29) is 0 Å². The average molecular weight is 445 g/mol. The van der Waals surface area contributed by atoms with Gasteiger partial charge in [-0.3, -0.25) is 0 Å². The number of hydrogen-bond acceptors (Lipinski definition) is 4. The zero-order valence-electron chi connectivity index (χ0n) is 14.7.